The number of esters is 2. The zero-order valence-corrected chi connectivity index (χ0v) is 23.2. The average Bonchev–Trinajstić information content (AvgIpc) is 2.83. The fourth-order valence-electron chi connectivity index (χ4n) is 4.72. The van der Waals surface area contributed by atoms with Crippen LogP contribution in [-0.2, 0) is 28.7 Å². The van der Waals surface area contributed by atoms with Crippen LogP contribution in [0.15, 0.2) is 29.8 Å². The van der Waals surface area contributed by atoms with Crippen molar-refractivity contribution in [2.45, 2.75) is 96.6 Å². The van der Waals surface area contributed by atoms with Gasteiger partial charge < -0.3 is 19.9 Å². The third-order valence-corrected chi connectivity index (χ3v) is 6.43. The highest BCUT2D eigenvalue weighted by atomic mass is 19.1. The van der Waals surface area contributed by atoms with Gasteiger partial charge in [0.25, 0.3) is 5.91 Å². The molecular weight excluding hydrogens is 509 g/mol. The van der Waals surface area contributed by atoms with Crippen molar-refractivity contribution in [3.63, 3.8) is 0 Å². The molecule has 2 aliphatic rings. The van der Waals surface area contributed by atoms with Crippen LogP contribution in [0, 0.1) is 5.92 Å². The van der Waals surface area contributed by atoms with Crippen molar-refractivity contribution in [2.75, 3.05) is 0 Å². The van der Waals surface area contributed by atoms with Crippen molar-refractivity contribution >= 4 is 35.2 Å². The maximum Gasteiger partial charge on any atom is 0.355 e. The zero-order chi connectivity index (χ0) is 29.3. The minimum absolute atomic E-state index is 0.148. The molecule has 0 aromatic heterocycles. The fourth-order valence-corrected chi connectivity index (χ4v) is 4.72. The van der Waals surface area contributed by atoms with E-state index in [9.17, 15) is 29.1 Å². The molecule has 1 saturated carbocycles. The lowest BCUT2D eigenvalue weighted by molar-refractivity contribution is -0.185. The van der Waals surface area contributed by atoms with Gasteiger partial charge in [-0.05, 0) is 54.4 Å². The summed E-state index contributed by atoms with van der Waals surface area (Å²) in [5.41, 5.74) is -7.77. The van der Waals surface area contributed by atoms with Crippen LogP contribution in [0.2, 0.25) is 0 Å². The normalized spacial score (nSPS) is 19.1. The predicted molar refractivity (Wildman–Crippen MR) is 139 cm³/mol. The van der Waals surface area contributed by atoms with Crippen LogP contribution in [0.3, 0.4) is 0 Å². The first-order valence-electron chi connectivity index (χ1n) is 13.0. The molecule has 39 heavy (non-hydrogen) atoms. The van der Waals surface area contributed by atoms with Crippen molar-refractivity contribution in [3.05, 3.63) is 41.0 Å². The average molecular weight is 546 g/mol. The lowest BCUT2D eigenvalue weighted by atomic mass is 9.74. The van der Waals surface area contributed by atoms with E-state index in [1.54, 1.807) is 0 Å². The van der Waals surface area contributed by atoms with Gasteiger partial charge in [0.15, 0.2) is 0 Å². The molecule has 0 bridgehead atoms. The monoisotopic (exact) mass is 545 g/mol. The first-order valence-corrected chi connectivity index (χ1v) is 13.0. The number of amides is 1. The second-order valence-corrected chi connectivity index (χ2v) is 12.0. The van der Waals surface area contributed by atoms with Crippen LogP contribution < -0.4 is 5.32 Å². The molecule has 0 saturated heterocycles. The van der Waals surface area contributed by atoms with Gasteiger partial charge in [-0.2, -0.15) is 0 Å². The molecule has 10 heteroatoms. The highest BCUT2D eigenvalue weighted by Crippen LogP contribution is 2.41. The maximum atomic E-state index is 17.4. The number of ketones is 2. The molecule has 1 unspecified atom stereocenters. The highest BCUT2D eigenvalue weighted by Gasteiger charge is 2.63. The third kappa shape index (κ3) is 6.37. The number of aliphatic hydroxyl groups is 1. The van der Waals surface area contributed by atoms with Crippen molar-refractivity contribution in [3.8, 4) is 0 Å². The van der Waals surface area contributed by atoms with E-state index in [0.717, 1.165) is 19.3 Å². The molecule has 1 aromatic rings. The molecule has 3 rings (SSSR count). The van der Waals surface area contributed by atoms with E-state index in [0.29, 0.717) is 12.8 Å². The number of fused-ring (bicyclic) bond motifs is 1. The second-order valence-electron chi connectivity index (χ2n) is 12.0. The van der Waals surface area contributed by atoms with Crippen molar-refractivity contribution in [1.82, 2.24) is 5.32 Å². The number of Topliss-reactive ketones (excluding diaryl/α,β-unsaturated/α-hetero) is 2. The lowest BCUT2D eigenvalue weighted by Crippen LogP contribution is -2.61. The van der Waals surface area contributed by atoms with Gasteiger partial charge in [-0.3, -0.25) is 19.2 Å². The molecular formula is C29H36FNO8. The molecule has 1 amide bonds. The summed E-state index contributed by atoms with van der Waals surface area (Å²) in [6, 6.07) is 5.03. The van der Waals surface area contributed by atoms with Gasteiger partial charge in [0.2, 0.25) is 11.6 Å². The Labute approximate surface area is 227 Å². The number of halogens is 1. The number of benzene rings is 1. The van der Waals surface area contributed by atoms with E-state index in [1.807, 2.05) is 0 Å². The Balaban J connectivity index is 2.28. The first kappa shape index (κ1) is 30.0. The molecule has 2 aliphatic carbocycles. The van der Waals surface area contributed by atoms with E-state index in [2.05, 4.69) is 5.32 Å². The number of carbonyl (C=O) groups is 5. The van der Waals surface area contributed by atoms with Crippen LogP contribution in [-0.4, -0.2) is 57.4 Å². The molecule has 1 fully saturated rings. The summed E-state index contributed by atoms with van der Waals surface area (Å²) in [7, 11) is 0. The summed E-state index contributed by atoms with van der Waals surface area (Å²) in [6.45, 7) is 8.72. The molecule has 9 nitrogen and oxygen atoms in total. The fraction of sp³-hybridized carbons (Fsp3) is 0.552. The SMILES string of the molecule is CC(C)(C)OC(=O)[C@@H](C1=C(O)c2ccccc2C(=O)C1=O)C(F)(C(=O)NC1CCCCC1)C(=O)OC(C)(C)C. The lowest BCUT2D eigenvalue weighted by Gasteiger charge is -2.36. The van der Waals surface area contributed by atoms with Crippen LogP contribution in [0.25, 0.3) is 5.76 Å². The van der Waals surface area contributed by atoms with Crippen molar-refractivity contribution in [1.29, 1.82) is 0 Å². The summed E-state index contributed by atoms with van der Waals surface area (Å²) in [5, 5.41) is 13.7. The highest BCUT2D eigenvalue weighted by molar-refractivity contribution is 6.53. The summed E-state index contributed by atoms with van der Waals surface area (Å²) < 4.78 is 28.0. The molecule has 0 radical (unpaired) electrons. The number of aliphatic hydroxyl groups excluding tert-OH is 1. The molecule has 1 aromatic carbocycles. The molecule has 0 spiro atoms. The topological polar surface area (TPSA) is 136 Å². The molecule has 0 heterocycles. The zero-order valence-electron chi connectivity index (χ0n) is 23.2. The van der Waals surface area contributed by atoms with Gasteiger partial charge in [-0.15, -0.1) is 0 Å². The first-order chi connectivity index (χ1) is 18.0. The Kier molecular flexibility index (Phi) is 8.38. The Bertz CT molecular complexity index is 1220. The van der Waals surface area contributed by atoms with Gasteiger partial charge in [-0.1, -0.05) is 43.5 Å². The van der Waals surface area contributed by atoms with Gasteiger partial charge in [0.1, 0.15) is 22.9 Å². The van der Waals surface area contributed by atoms with Gasteiger partial charge in [-0.25, -0.2) is 9.18 Å². The summed E-state index contributed by atoms with van der Waals surface area (Å²) >= 11 is 0. The summed E-state index contributed by atoms with van der Waals surface area (Å²) in [6.07, 6.45) is 3.50. The van der Waals surface area contributed by atoms with E-state index < -0.39 is 69.6 Å². The Morgan fingerprint density at radius 3 is 1.97 bits per heavy atom. The standard InChI is InChI=1S/C29H36FNO8/c1-27(2,3)38-24(35)20(19-21(32)17-14-10-11-15-18(17)22(33)23(19)34)29(30,26(37)39-28(4,5)6)25(36)31-16-12-8-7-9-13-16/h10-11,14-16,20,32H,7-9,12-13H2,1-6H3,(H,31,36)/t20-,29?/m1/s1. The van der Waals surface area contributed by atoms with Crippen LogP contribution in [0.4, 0.5) is 4.39 Å². The van der Waals surface area contributed by atoms with E-state index in [-0.39, 0.29) is 11.1 Å². The molecule has 212 valence electrons. The number of nitrogens with one attached hydrogen (secondary N) is 1. The quantitative estimate of drug-likeness (QED) is 0.309. The minimum Gasteiger partial charge on any atom is -0.507 e. The van der Waals surface area contributed by atoms with E-state index in [1.165, 1.54) is 65.8 Å². The second kappa shape index (κ2) is 10.9. The molecule has 0 aliphatic heterocycles. The summed E-state index contributed by atoms with van der Waals surface area (Å²) in [4.78, 5) is 67.1. The summed E-state index contributed by atoms with van der Waals surface area (Å²) in [5.74, 6) is -10.9. The molecule has 2 atom stereocenters. The Hall–Kier alpha value is -3.56. The third-order valence-electron chi connectivity index (χ3n) is 6.43. The molecule has 2 N–H and O–H groups in total. The van der Waals surface area contributed by atoms with Crippen LogP contribution >= 0.6 is 0 Å². The Morgan fingerprint density at radius 1 is 0.897 bits per heavy atom. The smallest absolute Gasteiger partial charge is 0.355 e. The van der Waals surface area contributed by atoms with E-state index >= 15 is 4.39 Å². The Morgan fingerprint density at radius 2 is 1.44 bits per heavy atom. The van der Waals surface area contributed by atoms with Gasteiger partial charge in [0, 0.05) is 17.2 Å². The van der Waals surface area contributed by atoms with Crippen molar-refractivity contribution in [2.24, 2.45) is 5.92 Å². The van der Waals surface area contributed by atoms with E-state index in [4.69, 9.17) is 9.47 Å². The number of hydrogen-bond acceptors (Lipinski definition) is 8. The number of hydrogen-bond donors (Lipinski definition) is 2. The van der Waals surface area contributed by atoms with Gasteiger partial charge in [0.05, 0.1) is 5.57 Å². The number of rotatable bonds is 6. The number of alkyl halides is 1. The van der Waals surface area contributed by atoms with Crippen molar-refractivity contribution < 1.29 is 42.9 Å². The number of carbonyl (C=O) groups excluding carboxylic acids is 5. The van der Waals surface area contributed by atoms with Crippen LogP contribution in [0.1, 0.15) is 89.6 Å². The minimum atomic E-state index is -3.86. The predicted octanol–water partition coefficient (Wildman–Crippen LogP) is 4.18. The largest absolute Gasteiger partial charge is 0.507 e. The maximum absolute atomic E-state index is 17.4. The van der Waals surface area contributed by atoms with Gasteiger partial charge >= 0.3 is 17.6 Å². The number of ether oxygens (including phenoxy) is 2. The van der Waals surface area contributed by atoms with Crippen LogP contribution in [0.5, 0.6) is 0 Å².